The number of nitrogens with one attached hydrogen (secondary N) is 2. The fraction of sp³-hybridized carbons (Fsp3) is 0.769. The molecule has 0 saturated carbocycles. The van der Waals surface area contributed by atoms with Gasteiger partial charge in [0.1, 0.15) is 0 Å². The smallest absolute Gasteiger partial charge is 0.237 e. The van der Waals surface area contributed by atoms with Crippen LogP contribution in [0, 0.1) is 0 Å². The predicted octanol–water partition coefficient (Wildman–Crippen LogP) is -0.487. The Bertz CT molecular complexity index is 282. The fourth-order valence-corrected chi connectivity index (χ4v) is 2.05. The van der Waals surface area contributed by atoms with Gasteiger partial charge < -0.3 is 15.5 Å². The highest BCUT2D eigenvalue weighted by molar-refractivity contribution is 5.81. The number of rotatable bonds is 6. The Morgan fingerprint density at radius 1 is 1.50 bits per heavy atom. The maximum absolute atomic E-state index is 11.7. The number of nitrogens with zero attached hydrogens (tertiary/aromatic N) is 2. The molecule has 0 bridgehead atoms. The van der Waals surface area contributed by atoms with Gasteiger partial charge >= 0.3 is 0 Å². The lowest BCUT2D eigenvalue weighted by Crippen LogP contribution is -2.55. The van der Waals surface area contributed by atoms with E-state index >= 15 is 0 Å². The molecule has 104 valence electrons. The molecule has 2 atom stereocenters. The molecule has 1 aliphatic rings. The number of hydrogen-bond acceptors (Lipinski definition) is 4. The average Bonchev–Trinajstić information content (AvgIpc) is 2.36. The van der Waals surface area contributed by atoms with Gasteiger partial charge in [-0.3, -0.25) is 9.69 Å². The molecular weight excluding hydrogens is 228 g/mol. The summed E-state index contributed by atoms with van der Waals surface area (Å²) in [7, 11) is 4.28. The van der Waals surface area contributed by atoms with E-state index in [0.29, 0.717) is 12.6 Å². The summed E-state index contributed by atoms with van der Waals surface area (Å²) < 4.78 is 0. The summed E-state index contributed by atoms with van der Waals surface area (Å²) in [6, 6.07) is 0.309. The van der Waals surface area contributed by atoms with Gasteiger partial charge in [0, 0.05) is 38.8 Å². The normalized spacial score (nSPS) is 23.6. The van der Waals surface area contributed by atoms with Crippen molar-refractivity contribution >= 4 is 5.91 Å². The van der Waals surface area contributed by atoms with E-state index in [4.69, 9.17) is 0 Å². The molecule has 1 amide bonds. The van der Waals surface area contributed by atoms with Gasteiger partial charge in [-0.2, -0.15) is 0 Å². The van der Waals surface area contributed by atoms with Gasteiger partial charge in [-0.15, -0.1) is 6.58 Å². The molecule has 5 nitrogen and oxygen atoms in total. The molecule has 0 aromatic heterocycles. The highest BCUT2D eigenvalue weighted by atomic mass is 16.2. The molecular formula is C13H26N4O. The lowest BCUT2D eigenvalue weighted by molar-refractivity contribution is -0.122. The summed E-state index contributed by atoms with van der Waals surface area (Å²) in [6.07, 6.45) is 1.69. The van der Waals surface area contributed by atoms with Crippen LogP contribution in [0.1, 0.15) is 6.92 Å². The van der Waals surface area contributed by atoms with Crippen molar-refractivity contribution in [1.29, 1.82) is 0 Å². The SMILES string of the molecule is C=CCNC(=O)C(C)NCC1CN(C)CCN1C. The third kappa shape index (κ3) is 4.76. The highest BCUT2D eigenvalue weighted by Crippen LogP contribution is 2.04. The fourth-order valence-electron chi connectivity index (χ4n) is 2.05. The second-order valence-electron chi connectivity index (χ2n) is 5.06. The number of amides is 1. The van der Waals surface area contributed by atoms with Crippen LogP contribution < -0.4 is 10.6 Å². The van der Waals surface area contributed by atoms with E-state index in [1.165, 1.54) is 0 Å². The zero-order valence-corrected chi connectivity index (χ0v) is 11.8. The van der Waals surface area contributed by atoms with Crippen LogP contribution in [0.15, 0.2) is 12.7 Å². The van der Waals surface area contributed by atoms with Crippen LogP contribution in [0.5, 0.6) is 0 Å². The second kappa shape index (κ2) is 7.51. The highest BCUT2D eigenvalue weighted by Gasteiger charge is 2.23. The molecule has 0 aromatic carbocycles. The molecule has 0 spiro atoms. The second-order valence-corrected chi connectivity index (χ2v) is 5.06. The summed E-state index contributed by atoms with van der Waals surface area (Å²) in [5, 5.41) is 6.09. The van der Waals surface area contributed by atoms with Gasteiger partial charge in [0.25, 0.3) is 0 Å². The van der Waals surface area contributed by atoms with E-state index in [-0.39, 0.29) is 11.9 Å². The lowest BCUT2D eigenvalue weighted by Gasteiger charge is -2.38. The standard InChI is InChI=1S/C13H26N4O/c1-5-6-14-13(18)11(2)15-9-12-10-16(3)7-8-17(12)4/h5,11-12,15H,1,6-10H2,2-4H3,(H,14,18). The van der Waals surface area contributed by atoms with Crippen molar-refractivity contribution in [3.63, 3.8) is 0 Å². The summed E-state index contributed by atoms with van der Waals surface area (Å²) in [4.78, 5) is 16.4. The molecule has 0 aliphatic carbocycles. The van der Waals surface area contributed by atoms with Gasteiger partial charge in [0.2, 0.25) is 5.91 Å². The summed E-state index contributed by atoms with van der Waals surface area (Å²) >= 11 is 0. The van der Waals surface area contributed by atoms with Gasteiger partial charge in [-0.05, 0) is 21.0 Å². The zero-order chi connectivity index (χ0) is 13.5. The topological polar surface area (TPSA) is 47.6 Å². The monoisotopic (exact) mass is 254 g/mol. The van der Waals surface area contributed by atoms with Crippen LogP contribution in [0.3, 0.4) is 0 Å². The van der Waals surface area contributed by atoms with E-state index in [2.05, 4.69) is 41.1 Å². The molecule has 1 fully saturated rings. The van der Waals surface area contributed by atoms with Crippen molar-refractivity contribution in [3.05, 3.63) is 12.7 Å². The van der Waals surface area contributed by atoms with E-state index in [1.807, 2.05) is 6.92 Å². The first-order valence-corrected chi connectivity index (χ1v) is 6.55. The van der Waals surface area contributed by atoms with Crippen molar-refractivity contribution in [1.82, 2.24) is 20.4 Å². The van der Waals surface area contributed by atoms with E-state index in [0.717, 1.165) is 26.2 Å². The maximum atomic E-state index is 11.7. The van der Waals surface area contributed by atoms with Crippen molar-refractivity contribution in [2.75, 3.05) is 46.8 Å². The van der Waals surface area contributed by atoms with E-state index in [1.54, 1.807) is 6.08 Å². The summed E-state index contributed by atoms with van der Waals surface area (Å²) in [5.74, 6) is 0.0294. The zero-order valence-electron chi connectivity index (χ0n) is 11.8. The van der Waals surface area contributed by atoms with Crippen molar-refractivity contribution < 1.29 is 4.79 Å². The molecule has 1 rings (SSSR count). The van der Waals surface area contributed by atoms with Crippen LogP contribution in [0.25, 0.3) is 0 Å². The van der Waals surface area contributed by atoms with Crippen LogP contribution in [-0.2, 0) is 4.79 Å². The Morgan fingerprint density at radius 3 is 2.89 bits per heavy atom. The van der Waals surface area contributed by atoms with E-state index < -0.39 is 0 Å². The van der Waals surface area contributed by atoms with Gasteiger partial charge in [0.05, 0.1) is 6.04 Å². The number of piperazine rings is 1. The summed E-state index contributed by atoms with van der Waals surface area (Å²) in [5.41, 5.74) is 0. The Balaban J connectivity index is 2.30. The van der Waals surface area contributed by atoms with Crippen LogP contribution in [-0.4, -0.2) is 74.6 Å². The number of carbonyl (C=O) groups is 1. The van der Waals surface area contributed by atoms with Crippen molar-refractivity contribution in [2.45, 2.75) is 19.0 Å². The van der Waals surface area contributed by atoms with Crippen LogP contribution >= 0.6 is 0 Å². The Hall–Kier alpha value is -0.910. The largest absolute Gasteiger partial charge is 0.351 e. The van der Waals surface area contributed by atoms with Crippen molar-refractivity contribution in [3.8, 4) is 0 Å². The number of likely N-dealkylation sites (N-methyl/N-ethyl adjacent to an activating group) is 2. The average molecular weight is 254 g/mol. The summed E-state index contributed by atoms with van der Waals surface area (Å²) in [6.45, 7) is 10.1. The minimum Gasteiger partial charge on any atom is -0.351 e. The lowest BCUT2D eigenvalue weighted by atomic mass is 10.1. The van der Waals surface area contributed by atoms with Crippen LogP contribution in [0.2, 0.25) is 0 Å². The molecule has 0 radical (unpaired) electrons. The number of carbonyl (C=O) groups excluding carboxylic acids is 1. The molecule has 2 unspecified atom stereocenters. The number of hydrogen-bond donors (Lipinski definition) is 2. The maximum Gasteiger partial charge on any atom is 0.237 e. The van der Waals surface area contributed by atoms with Gasteiger partial charge in [-0.1, -0.05) is 6.08 Å². The third-order valence-electron chi connectivity index (χ3n) is 3.45. The molecule has 1 aliphatic heterocycles. The van der Waals surface area contributed by atoms with Gasteiger partial charge in [-0.25, -0.2) is 0 Å². The molecule has 0 aromatic rings. The molecule has 2 N–H and O–H groups in total. The first kappa shape index (κ1) is 15.1. The first-order chi connectivity index (χ1) is 8.54. The Labute approximate surface area is 110 Å². The molecule has 18 heavy (non-hydrogen) atoms. The molecule has 1 heterocycles. The Morgan fingerprint density at radius 2 is 2.22 bits per heavy atom. The predicted molar refractivity (Wildman–Crippen MR) is 74.6 cm³/mol. The molecule has 5 heteroatoms. The molecule has 1 saturated heterocycles. The van der Waals surface area contributed by atoms with Gasteiger partial charge in [0.15, 0.2) is 0 Å². The van der Waals surface area contributed by atoms with E-state index in [9.17, 15) is 4.79 Å². The first-order valence-electron chi connectivity index (χ1n) is 6.55. The minimum atomic E-state index is -0.161. The quantitative estimate of drug-likeness (QED) is 0.628. The van der Waals surface area contributed by atoms with Crippen molar-refractivity contribution in [2.24, 2.45) is 0 Å². The minimum absolute atomic E-state index is 0.0294. The van der Waals surface area contributed by atoms with Crippen LogP contribution in [0.4, 0.5) is 0 Å². The third-order valence-corrected chi connectivity index (χ3v) is 3.45. The Kier molecular flexibility index (Phi) is 6.32.